The van der Waals surface area contributed by atoms with Gasteiger partial charge in [0.2, 0.25) is 0 Å². The molecule has 13 heavy (non-hydrogen) atoms. The first-order valence-electron chi connectivity index (χ1n) is 4.28. The summed E-state index contributed by atoms with van der Waals surface area (Å²) in [5.41, 5.74) is 0.963. The third-order valence-electron chi connectivity index (χ3n) is 1.16. The highest BCUT2D eigenvalue weighted by molar-refractivity contribution is 6.25. The first-order chi connectivity index (χ1) is 6.22. The Morgan fingerprint density at radius 2 is 2.00 bits per heavy atom. The van der Waals surface area contributed by atoms with Crippen LogP contribution in [0.15, 0.2) is 36.1 Å². The van der Waals surface area contributed by atoms with Gasteiger partial charge >= 0.3 is 7.48 Å². The molecule has 0 aliphatic carbocycles. The summed E-state index contributed by atoms with van der Waals surface area (Å²) in [6, 6.07) is 0. The molecule has 0 amide bonds. The van der Waals surface area contributed by atoms with Crippen molar-refractivity contribution in [2.24, 2.45) is 0 Å². The van der Waals surface area contributed by atoms with Crippen LogP contribution >= 0.6 is 0 Å². The summed E-state index contributed by atoms with van der Waals surface area (Å²) in [6.07, 6.45) is 5.83. The zero-order valence-corrected chi connectivity index (χ0v) is 9.00. The summed E-state index contributed by atoms with van der Waals surface area (Å²) in [5.74, 6) is 0.866. The van der Waals surface area contributed by atoms with Crippen LogP contribution < -0.4 is 0 Å². The van der Waals surface area contributed by atoms with Gasteiger partial charge < -0.3 is 9.76 Å². The second kappa shape index (κ2) is 11.0. The van der Waals surface area contributed by atoms with Crippen molar-refractivity contribution in [3.63, 3.8) is 0 Å². The highest BCUT2D eigenvalue weighted by Crippen LogP contribution is 2.07. The molecule has 0 heterocycles. The lowest BCUT2D eigenvalue weighted by Crippen LogP contribution is -1.94. The Morgan fingerprint density at radius 3 is 2.31 bits per heavy atom. The first-order valence-corrected chi connectivity index (χ1v) is 4.28. The van der Waals surface area contributed by atoms with Crippen LogP contribution in [0.3, 0.4) is 0 Å². The average Bonchev–Trinajstić information content (AvgIpc) is 2.15. The van der Waals surface area contributed by atoms with Crippen LogP contribution in [0.2, 0.25) is 6.82 Å². The number of hydrogen-bond acceptors (Lipinski definition) is 2. The molecule has 0 aromatic heterocycles. The highest BCUT2D eigenvalue weighted by atomic mass is 16.4. The summed E-state index contributed by atoms with van der Waals surface area (Å²) < 4.78 is 5.32. The summed E-state index contributed by atoms with van der Waals surface area (Å²) >= 11 is 0. The lowest BCUT2D eigenvalue weighted by Gasteiger charge is -2.06. The van der Waals surface area contributed by atoms with Gasteiger partial charge in [0.15, 0.2) is 0 Å². The summed E-state index contributed by atoms with van der Waals surface area (Å²) in [5, 5.41) is 7.00. The molecule has 74 valence electrons. The van der Waals surface area contributed by atoms with Gasteiger partial charge in [-0.25, -0.2) is 0 Å². The van der Waals surface area contributed by atoms with Gasteiger partial charge in [-0.3, -0.25) is 0 Å². The van der Waals surface area contributed by atoms with E-state index < -0.39 is 0 Å². The molecule has 0 radical (unpaired) electrons. The largest absolute Gasteiger partial charge is 0.564 e. The maximum atomic E-state index is 7.00. The molecule has 3 heteroatoms. The smallest absolute Gasteiger partial charge is 0.336 e. The fourth-order valence-corrected chi connectivity index (χ4v) is 0.653. The van der Waals surface area contributed by atoms with Gasteiger partial charge in [0, 0.05) is 7.11 Å². The van der Waals surface area contributed by atoms with E-state index in [1.54, 1.807) is 0 Å². The minimum absolute atomic E-state index is 0.691. The van der Waals surface area contributed by atoms with E-state index in [0.29, 0.717) is 7.48 Å². The van der Waals surface area contributed by atoms with Crippen molar-refractivity contribution in [1.82, 2.24) is 0 Å². The Kier molecular flexibility index (Phi) is 12.4. The fourth-order valence-electron chi connectivity index (χ4n) is 0.653. The molecule has 1 N–H and O–H groups in total. The number of aliphatic hydroxyl groups excluding tert-OH is 1. The molecule has 0 saturated heterocycles. The van der Waals surface area contributed by atoms with Crippen LogP contribution in [-0.2, 0) is 4.65 Å². The van der Waals surface area contributed by atoms with Gasteiger partial charge in [-0.05, 0) is 25.5 Å². The number of allylic oxidation sites excluding steroid dienone is 4. The van der Waals surface area contributed by atoms with Crippen molar-refractivity contribution in [2.45, 2.75) is 20.7 Å². The van der Waals surface area contributed by atoms with E-state index in [0.717, 1.165) is 18.4 Å². The van der Waals surface area contributed by atoms with Gasteiger partial charge in [0.1, 0.15) is 5.76 Å². The van der Waals surface area contributed by atoms with Crippen LogP contribution in [-0.4, -0.2) is 19.7 Å². The number of rotatable bonds is 4. The van der Waals surface area contributed by atoms with Crippen LogP contribution in [0.1, 0.15) is 13.8 Å². The molecule has 0 spiro atoms. The van der Waals surface area contributed by atoms with E-state index in [4.69, 9.17) is 9.76 Å². The van der Waals surface area contributed by atoms with Crippen LogP contribution in [0, 0.1) is 0 Å². The molecule has 0 atom stereocenters. The van der Waals surface area contributed by atoms with Crippen LogP contribution in [0.4, 0.5) is 0 Å². The lowest BCUT2D eigenvalue weighted by atomic mass is 10.1. The molecule has 2 nitrogen and oxygen atoms in total. The predicted molar refractivity (Wildman–Crippen MR) is 60.0 cm³/mol. The Labute approximate surface area is 81.9 Å². The van der Waals surface area contributed by atoms with E-state index >= 15 is 0 Å². The zero-order valence-electron chi connectivity index (χ0n) is 9.00. The second-order valence-electron chi connectivity index (χ2n) is 2.27. The van der Waals surface area contributed by atoms with Crippen LogP contribution in [0.25, 0.3) is 0 Å². The quantitative estimate of drug-likeness (QED) is 0.409. The van der Waals surface area contributed by atoms with Gasteiger partial charge in [0.05, 0.1) is 0 Å². The van der Waals surface area contributed by atoms with Gasteiger partial charge in [-0.15, -0.1) is 0 Å². The van der Waals surface area contributed by atoms with Crippen LogP contribution in [0.5, 0.6) is 0 Å². The molecule has 0 aromatic rings. The van der Waals surface area contributed by atoms with Crippen molar-refractivity contribution in [2.75, 3.05) is 7.11 Å². The van der Waals surface area contributed by atoms with Crippen molar-refractivity contribution >= 4 is 7.48 Å². The molecule has 0 rings (SSSR count). The molecule has 0 aromatic carbocycles. The molecule has 0 bridgehead atoms. The van der Waals surface area contributed by atoms with Crippen molar-refractivity contribution in [3.8, 4) is 0 Å². The highest BCUT2D eigenvalue weighted by Gasteiger charge is 1.94. The third kappa shape index (κ3) is 8.96. The SMILES string of the molecule is C=C(C)/C(=C\C=C/C)OBC.CO. The van der Waals surface area contributed by atoms with E-state index in [-0.39, 0.29) is 0 Å². The predicted octanol–water partition coefficient (Wildman–Crippen LogP) is 2.05. The molecule has 0 unspecified atom stereocenters. The first kappa shape index (κ1) is 14.6. The fraction of sp³-hybridized carbons (Fsp3) is 0.400. The van der Waals surface area contributed by atoms with Gasteiger partial charge in [-0.2, -0.15) is 0 Å². The second-order valence-corrected chi connectivity index (χ2v) is 2.27. The Morgan fingerprint density at radius 1 is 1.46 bits per heavy atom. The van der Waals surface area contributed by atoms with E-state index in [9.17, 15) is 0 Å². The summed E-state index contributed by atoms with van der Waals surface area (Å²) in [7, 11) is 1.69. The van der Waals surface area contributed by atoms with Gasteiger partial charge in [-0.1, -0.05) is 25.6 Å². The number of aliphatic hydroxyl groups is 1. The molecular weight excluding hydrogens is 163 g/mol. The molecule has 0 saturated carbocycles. The maximum absolute atomic E-state index is 7.00. The van der Waals surface area contributed by atoms with E-state index in [2.05, 4.69) is 6.58 Å². The average molecular weight is 182 g/mol. The standard InChI is InChI=1S/C9H15BO.CH4O/c1-5-6-7-9(8(2)3)11-10-4;1-2/h5-7,10H,2H2,1,3-4H3;2H,1H3/b6-5-,9-7+;. The van der Waals surface area contributed by atoms with E-state index in [1.807, 2.05) is 38.9 Å². The van der Waals surface area contributed by atoms with Crippen molar-refractivity contribution < 1.29 is 9.76 Å². The minimum atomic E-state index is 0.691. The maximum Gasteiger partial charge on any atom is 0.336 e. The Bertz CT molecular complexity index is 183. The zero-order chi connectivity index (χ0) is 10.7. The monoisotopic (exact) mass is 182 g/mol. The lowest BCUT2D eigenvalue weighted by molar-refractivity contribution is 0.399. The normalized spacial score (nSPS) is 10.4. The minimum Gasteiger partial charge on any atom is -0.564 e. The molecular formula is C10H19BO2. The summed E-state index contributed by atoms with van der Waals surface area (Å²) in [4.78, 5) is 0. The van der Waals surface area contributed by atoms with E-state index in [1.165, 1.54) is 0 Å². The van der Waals surface area contributed by atoms with Gasteiger partial charge in [0.25, 0.3) is 0 Å². The molecule has 0 aliphatic heterocycles. The Balaban J connectivity index is 0. The topological polar surface area (TPSA) is 29.5 Å². The number of hydrogen-bond donors (Lipinski definition) is 1. The Hall–Kier alpha value is -0.955. The molecule has 0 aliphatic rings. The summed E-state index contributed by atoms with van der Waals surface area (Å²) in [6.45, 7) is 9.67. The molecule has 0 fully saturated rings. The van der Waals surface area contributed by atoms with Crippen molar-refractivity contribution in [3.05, 3.63) is 36.1 Å². The van der Waals surface area contributed by atoms with Crippen molar-refractivity contribution in [1.29, 1.82) is 0 Å². The third-order valence-corrected chi connectivity index (χ3v) is 1.16.